The van der Waals surface area contributed by atoms with Gasteiger partial charge < -0.3 is 43.6 Å². The van der Waals surface area contributed by atoms with E-state index < -0.39 is 60.3 Å². The number of aliphatic imine (C=N–C) groups is 1. The predicted octanol–water partition coefficient (Wildman–Crippen LogP) is -1.62. The molecule has 5 atom stereocenters. The van der Waals surface area contributed by atoms with E-state index >= 15 is 0 Å². The quantitative estimate of drug-likeness (QED) is 0.0597. The third-order valence-electron chi connectivity index (χ3n) is 6.05. The van der Waals surface area contributed by atoms with Crippen LogP contribution in [-0.4, -0.2) is 77.9 Å². The van der Waals surface area contributed by atoms with Crippen LogP contribution in [0.25, 0.3) is 0 Å². The molecule has 0 aliphatic carbocycles. The number of carbonyl (C=O) groups is 5. The SMILES string of the molecule is CCC(C)C(N)C(=O)NC(CCCN=C(N)N)C(=O)NC(C(=O)NC(C(=O)NCC(=O)O)C(C)C)C(C)C. The Morgan fingerprint density at radius 1 is 0.816 bits per heavy atom. The first-order chi connectivity index (χ1) is 17.6. The van der Waals surface area contributed by atoms with E-state index in [1.807, 2.05) is 13.8 Å². The van der Waals surface area contributed by atoms with Gasteiger partial charge >= 0.3 is 5.97 Å². The minimum atomic E-state index is -1.22. The van der Waals surface area contributed by atoms with E-state index in [9.17, 15) is 24.0 Å². The van der Waals surface area contributed by atoms with E-state index in [4.69, 9.17) is 22.3 Å². The first-order valence-electron chi connectivity index (χ1n) is 12.8. The minimum Gasteiger partial charge on any atom is -0.480 e. The fourth-order valence-corrected chi connectivity index (χ4v) is 3.39. The van der Waals surface area contributed by atoms with E-state index in [0.717, 1.165) is 0 Å². The number of amides is 4. The summed E-state index contributed by atoms with van der Waals surface area (Å²) in [5, 5.41) is 19.0. The smallest absolute Gasteiger partial charge is 0.322 e. The fraction of sp³-hybridized carbons (Fsp3) is 0.750. The second-order valence-corrected chi connectivity index (χ2v) is 9.99. The highest BCUT2D eigenvalue weighted by Gasteiger charge is 2.33. The molecule has 14 nitrogen and oxygen atoms in total. The van der Waals surface area contributed by atoms with E-state index in [-0.39, 0.29) is 36.7 Å². The summed E-state index contributed by atoms with van der Waals surface area (Å²) in [4.78, 5) is 66.2. The zero-order chi connectivity index (χ0) is 29.6. The first-order valence-corrected chi connectivity index (χ1v) is 12.8. The number of nitrogens with one attached hydrogen (secondary N) is 4. The summed E-state index contributed by atoms with van der Waals surface area (Å²) in [6.45, 7) is 10.2. The van der Waals surface area contributed by atoms with Crippen LogP contribution in [0.4, 0.5) is 0 Å². The lowest BCUT2D eigenvalue weighted by atomic mass is 9.98. The van der Waals surface area contributed by atoms with Gasteiger partial charge in [-0.3, -0.25) is 29.0 Å². The predicted molar refractivity (Wildman–Crippen MR) is 143 cm³/mol. The molecule has 0 heterocycles. The monoisotopic (exact) mass is 542 g/mol. The molecule has 5 unspecified atom stereocenters. The Bertz CT molecular complexity index is 844. The summed E-state index contributed by atoms with van der Waals surface area (Å²) < 4.78 is 0. The number of carbonyl (C=O) groups excluding carboxylic acids is 4. The summed E-state index contributed by atoms with van der Waals surface area (Å²) >= 11 is 0. The molecule has 0 aromatic heterocycles. The number of carboxylic acids is 1. The molecule has 0 aliphatic heterocycles. The Morgan fingerprint density at radius 2 is 1.34 bits per heavy atom. The van der Waals surface area contributed by atoms with Gasteiger partial charge in [0.05, 0.1) is 6.04 Å². The number of carboxylic acid groups (broad SMARTS) is 1. The Kier molecular flexibility index (Phi) is 15.6. The molecule has 0 spiro atoms. The van der Waals surface area contributed by atoms with E-state index in [1.54, 1.807) is 27.7 Å². The van der Waals surface area contributed by atoms with Gasteiger partial charge in [0.25, 0.3) is 0 Å². The molecule has 218 valence electrons. The zero-order valence-electron chi connectivity index (χ0n) is 23.2. The second-order valence-electron chi connectivity index (χ2n) is 9.99. The van der Waals surface area contributed by atoms with Crippen LogP contribution in [0.15, 0.2) is 4.99 Å². The Hall–Kier alpha value is -3.42. The van der Waals surface area contributed by atoms with Crippen molar-refractivity contribution in [1.82, 2.24) is 21.3 Å². The van der Waals surface area contributed by atoms with Crippen molar-refractivity contribution in [3.8, 4) is 0 Å². The summed E-state index contributed by atoms with van der Waals surface area (Å²) in [6, 6.07) is -3.91. The van der Waals surface area contributed by atoms with Crippen molar-refractivity contribution in [2.45, 2.75) is 85.0 Å². The Labute approximate surface area is 224 Å². The van der Waals surface area contributed by atoms with Gasteiger partial charge in [0.15, 0.2) is 5.96 Å². The first kappa shape index (κ1) is 34.6. The van der Waals surface area contributed by atoms with Gasteiger partial charge in [-0.15, -0.1) is 0 Å². The zero-order valence-corrected chi connectivity index (χ0v) is 23.2. The van der Waals surface area contributed by atoms with E-state index in [1.165, 1.54) is 0 Å². The van der Waals surface area contributed by atoms with Crippen LogP contribution in [0.1, 0.15) is 60.8 Å². The van der Waals surface area contributed by atoms with Gasteiger partial charge in [0.2, 0.25) is 23.6 Å². The summed E-state index contributed by atoms with van der Waals surface area (Å²) in [5.41, 5.74) is 16.7. The highest BCUT2D eigenvalue weighted by atomic mass is 16.4. The maximum absolute atomic E-state index is 13.2. The lowest BCUT2D eigenvalue weighted by Gasteiger charge is -2.29. The van der Waals surface area contributed by atoms with Gasteiger partial charge in [-0.2, -0.15) is 0 Å². The number of hydrogen-bond acceptors (Lipinski definition) is 7. The highest BCUT2D eigenvalue weighted by molar-refractivity contribution is 5.95. The lowest BCUT2D eigenvalue weighted by molar-refractivity contribution is -0.139. The molecule has 11 N–H and O–H groups in total. The number of rotatable bonds is 17. The van der Waals surface area contributed by atoms with E-state index in [0.29, 0.717) is 12.8 Å². The molecular weight excluding hydrogens is 496 g/mol. The van der Waals surface area contributed by atoms with Crippen LogP contribution in [0.5, 0.6) is 0 Å². The average molecular weight is 543 g/mol. The summed E-state index contributed by atoms with van der Waals surface area (Å²) in [6.07, 6.45) is 1.22. The molecule has 0 aromatic rings. The third-order valence-corrected chi connectivity index (χ3v) is 6.05. The molecule has 0 rings (SSSR count). The van der Waals surface area contributed by atoms with Crippen LogP contribution in [0.2, 0.25) is 0 Å². The number of hydrogen-bond donors (Lipinski definition) is 8. The summed E-state index contributed by atoms with van der Waals surface area (Å²) in [5.74, 6) is -4.57. The van der Waals surface area contributed by atoms with Crippen molar-refractivity contribution in [1.29, 1.82) is 0 Å². The van der Waals surface area contributed by atoms with Gasteiger partial charge in [0, 0.05) is 6.54 Å². The molecule has 0 fully saturated rings. The van der Waals surface area contributed by atoms with Gasteiger partial charge in [0.1, 0.15) is 24.7 Å². The average Bonchev–Trinajstić information content (AvgIpc) is 2.83. The minimum absolute atomic E-state index is 0.0996. The van der Waals surface area contributed by atoms with Gasteiger partial charge in [-0.1, -0.05) is 48.0 Å². The molecule has 0 aliphatic rings. The molecule has 0 saturated heterocycles. The van der Waals surface area contributed by atoms with Crippen LogP contribution in [0, 0.1) is 17.8 Å². The normalized spacial score (nSPS) is 15.0. The highest BCUT2D eigenvalue weighted by Crippen LogP contribution is 2.10. The second kappa shape index (κ2) is 17.2. The van der Waals surface area contributed by atoms with Gasteiger partial charge in [-0.05, 0) is 30.6 Å². The van der Waals surface area contributed by atoms with Crippen LogP contribution in [0.3, 0.4) is 0 Å². The van der Waals surface area contributed by atoms with Crippen molar-refractivity contribution in [3.63, 3.8) is 0 Å². The molecule has 0 aromatic carbocycles. The summed E-state index contributed by atoms with van der Waals surface area (Å²) in [7, 11) is 0. The molecule has 38 heavy (non-hydrogen) atoms. The van der Waals surface area contributed by atoms with Gasteiger partial charge in [-0.25, -0.2) is 0 Å². The Morgan fingerprint density at radius 3 is 1.82 bits per heavy atom. The van der Waals surface area contributed by atoms with Crippen molar-refractivity contribution in [2.75, 3.05) is 13.1 Å². The fourth-order valence-electron chi connectivity index (χ4n) is 3.39. The van der Waals surface area contributed by atoms with Crippen molar-refractivity contribution in [3.05, 3.63) is 0 Å². The standard InChI is InChI=1S/C24H46N8O6/c1-7-14(6)17(25)21(36)30-15(9-8-10-28-24(26)27)20(35)31-19(13(4)5)23(38)32-18(12(2)3)22(37)29-11-16(33)34/h12-15,17-19H,7-11,25H2,1-6H3,(H,29,37)(H,30,36)(H,31,35)(H,32,38)(H,33,34)(H4,26,27,28). The molecule has 14 heteroatoms. The molecule has 0 bridgehead atoms. The number of guanidine groups is 1. The van der Waals surface area contributed by atoms with Crippen molar-refractivity contribution >= 4 is 35.6 Å². The lowest BCUT2D eigenvalue weighted by Crippen LogP contribution is -2.60. The molecular formula is C24H46N8O6. The van der Waals surface area contributed by atoms with Crippen LogP contribution < -0.4 is 38.5 Å². The topological polar surface area (TPSA) is 244 Å². The van der Waals surface area contributed by atoms with Crippen LogP contribution >= 0.6 is 0 Å². The molecule has 0 radical (unpaired) electrons. The third kappa shape index (κ3) is 12.7. The van der Waals surface area contributed by atoms with Crippen molar-refractivity contribution < 1.29 is 29.1 Å². The molecule has 4 amide bonds. The van der Waals surface area contributed by atoms with E-state index in [2.05, 4.69) is 26.3 Å². The number of aliphatic carboxylic acids is 1. The van der Waals surface area contributed by atoms with Crippen LogP contribution in [-0.2, 0) is 24.0 Å². The largest absolute Gasteiger partial charge is 0.480 e. The maximum Gasteiger partial charge on any atom is 0.322 e. The maximum atomic E-state index is 13.2. The van der Waals surface area contributed by atoms with Crippen molar-refractivity contribution in [2.24, 2.45) is 39.9 Å². The molecule has 0 saturated carbocycles. The number of nitrogens with two attached hydrogens (primary N) is 3. The Balaban J connectivity index is 5.67. The number of nitrogens with zero attached hydrogens (tertiary/aromatic N) is 1.